The SMILES string of the molecule is C=NN(C(=C)O)c1cccc(Br)c1. The van der Waals surface area contributed by atoms with Crippen LogP contribution in [0.4, 0.5) is 5.69 Å². The van der Waals surface area contributed by atoms with Crippen LogP contribution in [0.15, 0.2) is 46.3 Å². The molecule has 0 atom stereocenters. The predicted molar refractivity (Wildman–Crippen MR) is 57.9 cm³/mol. The molecule has 0 aliphatic heterocycles. The highest BCUT2D eigenvalue weighted by Gasteiger charge is 2.06. The van der Waals surface area contributed by atoms with Crippen LogP contribution in [-0.4, -0.2) is 11.8 Å². The number of hydrazone groups is 1. The van der Waals surface area contributed by atoms with Crippen LogP contribution in [0.1, 0.15) is 0 Å². The predicted octanol–water partition coefficient (Wildman–Crippen LogP) is 2.90. The summed E-state index contributed by atoms with van der Waals surface area (Å²) in [6, 6.07) is 7.31. The van der Waals surface area contributed by atoms with Gasteiger partial charge in [0, 0.05) is 11.2 Å². The second-order valence-electron chi connectivity index (χ2n) is 2.35. The first-order chi connectivity index (χ1) is 6.15. The van der Waals surface area contributed by atoms with E-state index in [0.29, 0.717) is 5.69 Å². The summed E-state index contributed by atoms with van der Waals surface area (Å²) in [6.45, 7) is 6.69. The number of aliphatic hydroxyl groups is 1. The fourth-order valence-corrected chi connectivity index (χ4v) is 1.31. The summed E-state index contributed by atoms with van der Waals surface area (Å²) in [5, 5.41) is 14.0. The summed E-state index contributed by atoms with van der Waals surface area (Å²) in [5.74, 6) is -0.159. The van der Waals surface area contributed by atoms with Gasteiger partial charge in [-0.15, -0.1) is 0 Å². The number of rotatable bonds is 3. The Morgan fingerprint density at radius 2 is 2.23 bits per heavy atom. The van der Waals surface area contributed by atoms with Gasteiger partial charge in [0.2, 0.25) is 5.88 Å². The first kappa shape index (κ1) is 9.80. The molecule has 0 bridgehead atoms. The summed E-state index contributed by atoms with van der Waals surface area (Å²) in [7, 11) is 0. The van der Waals surface area contributed by atoms with Gasteiger partial charge in [-0.1, -0.05) is 22.0 Å². The topological polar surface area (TPSA) is 35.8 Å². The van der Waals surface area contributed by atoms with Crippen molar-refractivity contribution in [2.24, 2.45) is 5.10 Å². The van der Waals surface area contributed by atoms with Crippen molar-refractivity contribution in [1.29, 1.82) is 0 Å². The van der Waals surface area contributed by atoms with Crippen molar-refractivity contribution in [3.05, 3.63) is 41.2 Å². The monoisotopic (exact) mass is 240 g/mol. The Kier molecular flexibility index (Phi) is 3.08. The van der Waals surface area contributed by atoms with Crippen LogP contribution in [0.25, 0.3) is 0 Å². The van der Waals surface area contributed by atoms with Crippen LogP contribution in [0.3, 0.4) is 0 Å². The molecule has 0 aromatic heterocycles. The molecule has 1 aromatic carbocycles. The van der Waals surface area contributed by atoms with E-state index in [2.05, 4.69) is 34.3 Å². The third-order valence-electron chi connectivity index (χ3n) is 1.44. The third-order valence-corrected chi connectivity index (χ3v) is 1.93. The molecular formula is C9H9BrN2O. The molecule has 68 valence electrons. The van der Waals surface area contributed by atoms with Gasteiger partial charge >= 0.3 is 0 Å². The summed E-state index contributed by atoms with van der Waals surface area (Å²) in [5.41, 5.74) is 0.705. The van der Waals surface area contributed by atoms with E-state index in [1.165, 1.54) is 5.01 Å². The van der Waals surface area contributed by atoms with Gasteiger partial charge < -0.3 is 5.11 Å². The molecule has 1 rings (SSSR count). The van der Waals surface area contributed by atoms with Crippen LogP contribution >= 0.6 is 15.9 Å². The molecule has 1 N–H and O–H groups in total. The van der Waals surface area contributed by atoms with Crippen LogP contribution in [-0.2, 0) is 0 Å². The molecule has 0 unspecified atom stereocenters. The summed E-state index contributed by atoms with van der Waals surface area (Å²) in [6.07, 6.45) is 0. The van der Waals surface area contributed by atoms with E-state index in [9.17, 15) is 0 Å². The van der Waals surface area contributed by atoms with Gasteiger partial charge in [0.15, 0.2) is 0 Å². The van der Waals surface area contributed by atoms with Crippen molar-refractivity contribution < 1.29 is 5.11 Å². The standard InChI is InChI=1S/C9H9BrN2O/c1-7(13)12(11-2)9-5-3-4-8(10)6-9/h3-6,13H,1-2H2. The lowest BCUT2D eigenvalue weighted by molar-refractivity contribution is 0.395. The summed E-state index contributed by atoms with van der Waals surface area (Å²) >= 11 is 3.31. The van der Waals surface area contributed by atoms with Crippen molar-refractivity contribution in [3.8, 4) is 0 Å². The van der Waals surface area contributed by atoms with Crippen LogP contribution in [0, 0.1) is 0 Å². The first-order valence-electron chi connectivity index (χ1n) is 3.55. The van der Waals surface area contributed by atoms with E-state index in [1.807, 2.05) is 12.1 Å². The average Bonchev–Trinajstić information content (AvgIpc) is 2.04. The number of benzene rings is 1. The Morgan fingerprint density at radius 1 is 1.54 bits per heavy atom. The van der Waals surface area contributed by atoms with E-state index in [4.69, 9.17) is 5.11 Å². The molecule has 0 fully saturated rings. The minimum Gasteiger partial charge on any atom is -0.494 e. The quantitative estimate of drug-likeness (QED) is 0.501. The van der Waals surface area contributed by atoms with Crippen molar-refractivity contribution in [3.63, 3.8) is 0 Å². The van der Waals surface area contributed by atoms with Gasteiger partial charge in [0.05, 0.1) is 5.69 Å². The fourth-order valence-electron chi connectivity index (χ4n) is 0.920. The van der Waals surface area contributed by atoms with E-state index < -0.39 is 0 Å². The van der Waals surface area contributed by atoms with Crippen LogP contribution < -0.4 is 5.01 Å². The molecule has 0 saturated carbocycles. The zero-order valence-electron chi connectivity index (χ0n) is 6.94. The zero-order valence-corrected chi connectivity index (χ0v) is 8.53. The molecule has 0 saturated heterocycles. The van der Waals surface area contributed by atoms with Gasteiger partial charge in [0.1, 0.15) is 0 Å². The summed E-state index contributed by atoms with van der Waals surface area (Å²) in [4.78, 5) is 0. The van der Waals surface area contributed by atoms with Crippen molar-refractivity contribution in [1.82, 2.24) is 0 Å². The van der Waals surface area contributed by atoms with E-state index in [1.54, 1.807) is 12.1 Å². The highest BCUT2D eigenvalue weighted by Crippen LogP contribution is 2.21. The lowest BCUT2D eigenvalue weighted by Gasteiger charge is -2.15. The number of hydrogen-bond acceptors (Lipinski definition) is 3. The fraction of sp³-hybridized carbons (Fsp3) is 0. The maximum atomic E-state index is 9.14. The van der Waals surface area contributed by atoms with Gasteiger partial charge in [-0.3, -0.25) is 0 Å². The van der Waals surface area contributed by atoms with Crippen LogP contribution in [0.5, 0.6) is 0 Å². The van der Waals surface area contributed by atoms with Crippen molar-refractivity contribution >= 4 is 28.3 Å². The van der Waals surface area contributed by atoms with E-state index in [0.717, 1.165) is 4.47 Å². The highest BCUT2D eigenvalue weighted by molar-refractivity contribution is 9.10. The van der Waals surface area contributed by atoms with Gasteiger partial charge in [-0.05, 0) is 24.8 Å². The molecule has 13 heavy (non-hydrogen) atoms. The minimum absolute atomic E-state index is 0.159. The van der Waals surface area contributed by atoms with Crippen molar-refractivity contribution in [2.45, 2.75) is 0 Å². The smallest absolute Gasteiger partial charge is 0.204 e. The van der Waals surface area contributed by atoms with Crippen molar-refractivity contribution in [2.75, 3.05) is 5.01 Å². The summed E-state index contributed by atoms with van der Waals surface area (Å²) < 4.78 is 0.903. The molecule has 0 aliphatic carbocycles. The van der Waals surface area contributed by atoms with Gasteiger partial charge in [0.25, 0.3) is 0 Å². The second kappa shape index (κ2) is 4.09. The molecular weight excluding hydrogens is 232 g/mol. The Hall–Kier alpha value is -1.29. The molecule has 1 aromatic rings. The molecule has 0 heterocycles. The largest absolute Gasteiger partial charge is 0.494 e. The lowest BCUT2D eigenvalue weighted by atomic mass is 10.3. The van der Waals surface area contributed by atoms with Crippen LogP contribution in [0.2, 0.25) is 0 Å². The number of aliphatic hydroxyl groups excluding tert-OH is 1. The highest BCUT2D eigenvalue weighted by atomic mass is 79.9. The van der Waals surface area contributed by atoms with E-state index in [-0.39, 0.29) is 5.88 Å². The maximum absolute atomic E-state index is 9.14. The molecule has 4 heteroatoms. The minimum atomic E-state index is -0.159. The van der Waals surface area contributed by atoms with Gasteiger partial charge in [-0.25, -0.2) is 5.01 Å². The Labute approximate surface area is 85.1 Å². The second-order valence-corrected chi connectivity index (χ2v) is 3.26. The number of anilines is 1. The normalized spacial score (nSPS) is 9.31. The third kappa shape index (κ3) is 2.32. The number of nitrogens with zero attached hydrogens (tertiary/aromatic N) is 2. The molecule has 0 radical (unpaired) electrons. The van der Waals surface area contributed by atoms with E-state index >= 15 is 0 Å². The zero-order chi connectivity index (χ0) is 9.84. The number of hydrogen-bond donors (Lipinski definition) is 1. The number of halogens is 1. The molecule has 0 spiro atoms. The molecule has 0 aliphatic rings. The first-order valence-corrected chi connectivity index (χ1v) is 4.34. The Balaban J connectivity index is 3.04. The maximum Gasteiger partial charge on any atom is 0.204 e. The molecule has 3 nitrogen and oxygen atoms in total. The van der Waals surface area contributed by atoms with Gasteiger partial charge in [-0.2, -0.15) is 5.10 Å². The lowest BCUT2D eigenvalue weighted by Crippen LogP contribution is -2.13. The molecule has 0 amide bonds. The Bertz CT molecular complexity index is 338. The average molecular weight is 241 g/mol. The Morgan fingerprint density at radius 3 is 2.69 bits per heavy atom.